The van der Waals surface area contributed by atoms with Crippen LogP contribution in [0.2, 0.25) is 0 Å². The maximum Gasteiger partial charge on any atom is 0.264 e. The van der Waals surface area contributed by atoms with Crippen molar-refractivity contribution in [3.63, 3.8) is 0 Å². The quantitative estimate of drug-likeness (QED) is 0.719. The van der Waals surface area contributed by atoms with Crippen molar-refractivity contribution in [1.29, 1.82) is 0 Å². The highest BCUT2D eigenvalue weighted by atomic mass is 16.5. The molecule has 0 saturated carbocycles. The zero-order chi connectivity index (χ0) is 15.4. The number of aryl methyl sites for hydroxylation is 1. The second-order valence-corrected chi connectivity index (χ2v) is 4.85. The van der Waals surface area contributed by atoms with E-state index in [4.69, 9.17) is 14.0 Å². The second kappa shape index (κ2) is 6.30. The Hall–Kier alpha value is -2.82. The molecule has 0 amide bonds. The Morgan fingerprint density at radius 1 is 1.05 bits per heavy atom. The number of aromatic nitrogens is 2. The Morgan fingerprint density at radius 2 is 1.86 bits per heavy atom. The highest BCUT2D eigenvalue weighted by Gasteiger charge is 2.10. The third-order valence-corrected chi connectivity index (χ3v) is 3.15. The Kier molecular flexibility index (Phi) is 4.05. The monoisotopic (exact) mass is 296 g/mol. The number of benzene rings is 2. The third kappa shape index (κ3) is 3.25. The predicted molar refractivity (Wildman–Crippen MR) is 81.8 cm³/mol. The van der Waals surface area contributed by atoms with E-state index >= 15 is 0 Å². The molecule has 0 atom stereocenters. The van der Waals surface area contributed by atoms with Crippen LogP contribution >= 0.6 is 0 Å². The molecule has 0 spiro atoms. The molecule has 5 nitrogen and oxygen atoms in total. The standard InChI is InChI=1S/C17H16N2O3/c1-12-5-3-8-15(9-12)21-11-16-18-17(19-22-16)13-6-4-7-14(10-13)20-2/h3-10H,11H2,1-2H3. The largest absolute Gasteiger partial charge is 0.497 e. The van der Waals surface area contributed by atoms with Crippen LogP contribution in [0.3, 0.4) is 0 Å². The molecule has 3 aromatic rings. The number of hydrogen-bond acceptors (Lipinski definition) is 5. The minimum Gasteiger partial charge on any atom is -0.497 e. The molecule has 0 aliphatic carbocycles. The van der Waals surface area contributed by atoms with Crippen molar-refractivity contribution >= 4 is 0 Å². The van der Waals surface area contributed by atoms with Gasteiger partial charge in [-0.3, -0.25) is 0 Å². The lowest BCUT2D eigenvalue weighted by molar-refractivity contribution is 0.243. The van der Waals surface area contributed by atoms with E-state index in [9.17, 15) is 0 Å². The average molecular weight is 296 g/mol. The smallest absolute Gasteiger partial charge is 0.264 e. The molecule has 0 aliphatic heterocycles. The first-order valence-electron chi connectivity index (χ1n) is 6.91. The summed E-state index contributed by atoms with van der Waals surface area (Å²) in [5.74, 6) is 2.47. The molecule has 0 unspecified atom stereocenters. The molecule has 1 heterocycles. The summed E-state index contributed by atoms with van der Waals surface area (Å²) in [5.41, 5.74) is 1.98. The van der Waals surface area contributed by atoms with Crippen LogP contribution in [0, 0.1) is 6.92 Å². The van der Waals surface area contributed by atoms with Crippen LogP contribution in [0.15, 0.2) is 53.1 Å². The molecular weight excluding hydrogens is 280 g/mol. The number of nitrogens with zero attached hydrogens (tertiary/aromatic N) is 2. The van der Waals surface area contributed by atoms with Gasteiger partial charge in [-0.05, 0) is 36.8 Å². The van der Waals surface area contributed by atoms with Crippen LogP contribution in [0.5, 0.6) is 11.5 Å². The summed E-state index contributed by atoms with van der Waals surface area (Å²) in [5, 5.41) is 3.97. The Morgan fingerprint density at radius 3 is 2.68 bits per heavy atom. The van der Waals surface area contributed by atoms with Gasteiger partial charge in [-0.15, -0.1) is 0 Å². The summed E-state index contributed by atoms with van der Waals surface area (Å²) in [6.07, 6.45) is 0. The van der Waals surface area contributed by atoms with E-state index in [1.807, 2.05) is 55.5 Å². The highest BCUT2D eigenvalue weighted by molar-refractivity contribution is 5.56. The van der Waals surface area contributed by atoms with Gasteiger partial charge in [0.25, 0.3) is 5.89 Å². The van der Waals surface area contributed by atoms with Gasteiger partial charge in [0.15, 0.2) is 6.61 Å². The zero-order valence-corrected chi connectivity index (χ0v) is 12.4. The molecule has 0 N–H and O–H groups in total. The summed E-state index contributed by atoms with van der Waals surface area (Å²) in [6, 6.07) is 15.3. The van der Waals surface area contributed by atoms with E-state index in [-0.39, 0.29) is 6.61 Å². The fraction of sp³-hybridized carbons (Fsp3) is 0.176. The summed E-state index contributed by atoms with van der Waals surface area (Å²) < 4.78 is 16.1. The van der Waals surface area contributed by atoms with E-state index in [0.717, 1.165) is 22.6 Å². The molecule has 5 heteroatoms. The van der Waals surface area contributed by atoms with Crippen molar-refractivity contribution in [2.75, 3.05) is 7.11 Å². The van der Waals surface area contributed by atoms with E-state index in [0.29, 0.717) is 11.7 Å². The zero-order valence-electron chi connectivity index (χ0n) is 12.4. The van der Waals surface area contributed by atoms with Crippen LogP contribution < -0.4 is 9.47 Å². The molecule has 112 valence electrons. The van der Waals surface area contributed by atoms with Crippen molar-refractivity contribution in [3.05, 3.63) is 60.0 Å². The molecule has 0 bridgehead atoms. The minimum absolute atomic E-state index is 0.237. The lowest BCUT2D eigenvalue weighted by Crippen LogP contribution is -1.95. The Bertz CT molecular complexity index is 768. The molecule has 0 fully saturated rings. The number of ether oxygens (including phenoxy) is 2. The molecule has 1 aromatic heterocycles. The average Bonchev–Trinajstić information content (AvgIpc) is 3.02. The minimum atomic E-state index is 0.237. The Balaban J connectivity index is 1.71. The lowest BCUT2D eigenvalue weighted by Gasteiger charge is -2.03. The van der Waals surface area contributed by atoms with Gasteiger partial charge in [-0.25, -0.2) is 0 Å². The lowest BCUT2D eigenvalue weighted by atomic mass is 10.2. The fourth-order valence-electron chi connectivity index (χ4n) is 2.04. The molecule has 0 saturated heterocycles. The van der Waals surface area contributed by atoms with Crippen molar-refractivity contribution in [3.8, 4) is 22.9 Å². The van der Waals surface area contributed by atoms with Gasteiger partial charge in [-0.1, -0.05) is 29.4 Å². The van der Waals surface area contributed by atoms with Crippen LogP contribution in [0.4, 0.5) is 0 Å². The second-order valence-electron chi connectivity index (χ2n) is 4.85. The van der Waals surface area contributed by atoms with E-state index in [1.165, 1.54) is 0 Å². The first-order chi connectivity index (χ1) is 10.7. The first-order valence-corrected chi connectivity index (χ1v) is 6.91. The molecule has 22 heavy (non-hydrogen) atoms. The maximum absolute atomic E-state index is 5.65. The van der Waals surface area contributed by atoms with Gasteiger partial charge in [-0.2, -0.15) is 4.98 Å². The van der Waals surface area contributed by atoms with Crippen molar-refractivity contribution < 1.29 is 14.0 Å². The fourth-order valence-corrected chi connectivity index (χ4v) is 2.04. The number of rotatable bonds is 5. The Labute approximate surface area is 128 Å². The topological polar surface area (TPSA) is 57.4 Å². The van der Waals surface area contributed by atoms with E-state index in [1.54, 1.807) is 7.11 Å². The summed E-state index contributed by atoms with van der Waals surface area (Å²) in [7, 11) is 1.62. The highest BCUT2D eigenvalue weighted by Crippen LogP contribution is 2.21. The molecule has 3 rings (SSSR count). The van der Waals surface area contributed by atoms with Gasteiger partial charge in [0.2, 0.25) is 5.82 Å². The molecular formula is C17H16N2O3. The van der Waals surface area contributed by atoms with Crippen LogP contribution in [0.25, 0.3) is 11.4 Å². The third-order valence-electron chi connectivity index (χ3n) is 3.15. The van der Waals surface area contributed by atoms with Gasteiger partial charge in [0.05, 0.1) is 7.11 Å². The molecule has 0 aliphatic rings. The summed E-state index contributed by atoms with van der Waals surface area (Å²) in [4.78, 5) is 4.34. The van der Waals surface area contributed by atoms with Crippen molar-refractivity contribution in [2.24, 2.45) is 0 Å². The van der Waals surface area contributed by atoms with Gasteiger partial charge < -0.3 is 14.0 Å². The SMILES string of the molecule is COc1cccc(-c2noc(COc3cccc(C)c3)n2)c1. The predicted octanol–water partition coefficient (Wildman–Crippen LogP) is 3.63. The van der Waals surface area contributed by atoms with Gasteiger partial charge in [0.1, 0.15) is 11.5 Å². The van der Waals surface area contributed by atoms with Crippen LogP contribution in [-0.4, -0.2) is 17.3 Å². The first kappa shape index (κ1) is 14.1. The van der Waals surface area contributed by atoms with Gasteiger partial charge in [0, 0.05) is 5.56 Å². The maximum atomic E-state index is 5.65. The number of hydrogen-bond donors (Lipinski definition) is 0. The van der Waals surface area contributed by atoms with Gasteiger partial charge >= 0.3 is 0 Å². The summed E-state index contributed by atoms with van der Waals surface area (Å²) in [6.45, 7) is 2.25. The summed E-state index contributed by atoms with van der Waals surface area (Å²) >= 11 is 0. The van der Waals surface area contributed by atoms with Crippen LogP contribution in [-0.2, 0) is 6.61 Å². The van der Waals surface area contributed by atoms with E-state index in [2.05, 4.69) is 10.1 Å². The van der Waals surface area contributed by atoms with Crippen molar-refractivity contribution in [1.82, 2.24) is 10.1 Å². The van der Waals surface area contributed by atoms with E-state index < -0.39 is 0 Å². The normalized spacial score (nSPS) is 10.5. The number of methoxy groups -OCH3 is 1. The van der Waals surface area contributed by atoms with Crippen molar-refractivity contribution in [2.45, 2.75) is 13.5 Å². The van der Waals surface area contributed by atoms with Crippen LogP contribution in [0.1, 0.15) is 11.5 Å². The molecule has 0 radical (unpaired) electrons. The molecule has 2 aromatic carbocycles.